The van der Waals surface area contributed by atoms with E-state index in [-0.39, 0.29) is 5.92 Å². The number of likely N-dealkylation sites (tertiary alicyclic amines) is 2. The number of carbonyl (C=O) groups is 1. The van der Waals surface area contributed by atoms with Crippen LogP contribution in [0.2, 0.25) is 0 Å². The molecule has 2 saturated heterocycles. The summed E-state index contributed by atoms with van der Waals surface area (Å²) in [7, 11) is 0. The van der Waals surface area contributed by atoms with E-state index in [1.54, 1.807) is 0 Å². The Hall–Kier alpha value is -1.54. The highest BCUT2D eigenvalue weighted by atomic mass is 16.4. The van der Waals surface area contributed by atoms with Gasteiger partial charge in [0.1, 0.15) is 0 Å². The van der Waals surface area contributed by atoms with Gasteiger partial charge in [0, 0.05) is 38.1 Å². The van der Waals surface area contributed by atoms with Crippen molar-refractivity contribution in [1.82, 2.24) is 20.1 Å². The minimum Gasteiger partial charge on any atom is -0.481 e. The van der Waals surface area contributed by atoms with Crippen LogP contribution in [-0.4, -0.2) is 88.9 Å². The van der Waals surface area contributed by atoms with E-state index in [1.165, 1.54) is 5.56 Å². The van der Waals surface area contributed by atoms with Crippen LogP contribution in [0.25, 0.3) is 0 Å². The molecule has 0 aromatic carbocycles. The van der Waals surface area contributed by atoms with Crippen molar-refractivity contribution in [2.75, 3.05) is 45.8 Å². The maximum absolute atomic E-state index is 11.0. The van der Waals surface area contributed by atoms with Crippen LogP contribution in [0.4, 0.5) is 0 Å². The van der Waals surface area contributed by atoms with Crippen LogP contribution in [0.15, 0.2) is 24.5 Å². The van der Waals surface area contributed by atoms with E-state index in [0.29, 0.717) is 32.0 Å². The third kappa shape index (κ3) is 6.81. The molecule has 0 aliphatic carbocycles. The number of nitrogens with zero attached hydrogens (tertiary/aromatic N) is 3. The second kappa shape index (κ2) is 10.9. The molecule has 0 radical (unpaired) electrons. The molecule has 2 aliphatic rings. The predicted molar refractivity (Wildman–Crippen MR) is 108 cm³/mol. The molecule has 0 spiro atoms. The average molecular weight is 391 g/mol. The number of hydrogen-bond acceptors (Lipinski definition) is 6. The molecule has 2 aliphatic heterocycles. The van der Waals surface area contributed by atoms with Crippen molar-refractivity contribution in [1.29, 1.82) is 0 Å². The second-order valence-electron chi connectivity index (χ2n) is 8.20. The van der Waals surface area contributed by atoms with E-state index in [0.717, 1.165) is 52.0 Å². The first kappa shape index (κ1) is 21.2. The number of carboxylic acid groups (broad SMARTS) is 1. The fourth-order valence-corrected chi connectivity index (χ4v) is 4.23. The van der Waals surface area contributed by atoms with Gasteiger partial charge in [-0.25, -0.2) is 0 Å². The largest absolute Gasteiger partial charge is 0.481 e. The predicted octanol–water partition coefficient (Wildman–Crippen LogP) is 0.836. The first-order valence-electron chi connectivity index (χ1n) is 10.6. The Bertz CT molecular complexity index is 585. The monoisotopic (exact) mass is 390 g/mol. The molecule has 156 valence electrons. The number of rotatable bonds is 9. The van der Waals surface area contributed by atoms with E-state index < -0.39 is 12.1 Å². The Morgan fingerprint density at radius 2 is 1.75 bits per heavy atom. The summed E-state index contributed by atoms with van der Waals surface area (Å²) in [6.07, 6.45) is 7.99. The zero-order valence-electron chi connectivity index (χ0n) is 16.7. The number of aliphatic carboxylic acids is 1. The maximum atomic E-state index is 11.0. The molecule has 7 heteroatoms. The van der Waals surface area contributed by atoms with E-state index in [1.807, 2.05) is 12.4 Å². The second-order valence-corrected chi connectivity index (χ2v) is 8.20. The van der Waals surface area contributed by atoms with E-state index in [4.69, 9.17) is 5.11 Å². The first-order valence-corrected chi connectivity index (χ1v) is 10.6. The molecule has 0 bridgehead atoms. The van der Waals surface area contributed by atoms with Gasteiger partial charge in [-0.1, -0.05) is 0 Å². The summed E-state index contributed by atoms with van der Waals surface area (Å²) in [5.41, 5.74) is 1.34. The molecule has 3 heterocycles. The van der Waals surface area contributed by atoms with E-state index in [9.17, 15) is 9.90 Å². The number of aliphatic hydroxyl groups is 1. The Kier molecular flexibility index (Phi) is 8.21. The van der Waals surface area contributed by atoms with Crippen molar-refractivity contribution in [2.24, 2.45) is 5.92 Å². The van der Waals surface area contributed by atoms with Crippen molar-refractivity contribution >= 4 is 5.97 Å². The lowest BCUT2D eigenvalue weighted by atomic mass is 9.97. The van der Waals surface area contributed by atoms with Gasteiger partial charge in [-0.15, -0.1) is 0 Å². The van der Waals surface area contributed by atoms with E-state index >= 15 is 0 Å². The third-order valence-corrected chi connectivity index (χ3v) is 6.10. The molecular formula is C21H34N4O3. The zero-order valence-corrected chi connectivity index (χ0v) is 16.7. The molecule has 0 saturated carbocycles. The summed E-state index contributed by atoms with van der Waals surface area (Å²) in [6.45, 7) is 6.06. The number of β-amino-alcohol motifs (C(OH)–C–C–N with tert-alkyl or cyclic N) is 1. The Balaban J connectivity index is 1.26. The zero-order chi connectivity index (χ0) is 19.8. The highest BCUT2D eigenvalue weighted by Crippen LogP contribution is 2.17. The molecule has 1 aromatic rings. The van der Waals surface area contributed by atoms with Gasteiger partial charge in [0.25, 0.3) is 0 Å². The minimum atomic E-state index is -0.686. The van der Waals surface area contributed by atoms with Crippen LogP contribution < -0.4 is 5.32 Å². The summed E-state index contributed by atoms with van der Waals surface area (Å²) in [6, 6.07) is 4.64. The van der Waals surface area contributed by atoms with Crippen molar-refractivity contribution in [2.45, 2.75) is 44.2 Å². The quantitative estimate of drug-likeness (QED) is 0.576. The van der Waals surface area contributed by atoms with Crippen LogP contribution >= 0.6 is 0 Å². The Labute approximate surface area is 167 Å². The molecule has 3 N–H and O–H groups in total. The molecular weight excluding hydrogens is 356 g/mol. The Morgan fingerprint density at radius 3 is 2.39 bits per heavy atom. The first-order chi connectivity index (χ1) is 13.6. The summed E-state index contributed by atoms with van der Waals surface area (Å²) >= 11 is 0. The summed E-state index contributed by atoms with van der Waals surface area (Å²) in [5.74, 6) is -0.899. The topological polar surface area (TPSA) is 88.9 Å². The fourth-order valence-electron chi connectivity index (χ4n) is 4.23. The molecule has 3 rings (SSSR count). The van der Waals surface area contributed by atoms with Crippen molar-refractivity contribution < 1.29 is 15.0 Å². The highest BCUT2D eigenvalue weighted by Gasteiger charge is 2.26. The van der Waals surface area contributed by atoms with Crippen LogP contribution in [0.5, 0.6) is 0 Å². The van der Waals surface area contributed by atoms with Gasteiger partial charge in [0.15, 0.2) is 0 Å². The number of hydrogen-bond donors (Lipinski definition) is 3. The molecule has 1 unspecified atom stereocenters. The van der Waals surface area contributed by atoms with Crippen molar-refractivity contribution in [3.63, 3.8) is 0 Å². The lowest BCUT2D eigenvalue weighted by molar-refractivity contribution is -0.143. The van der Waals surface area contributed by atoms with E-state index in [2.05, 4.69) is 32.2 Å². The lowest BCUT2D eigenvalue weighted by Gasteiger charge is -2.34. The highest BCUT2D eigenvalue weighted by molar-refractivity contribution is 5.70. The summed E-state index contributed by atoms with van der Waals surface area (Å²) in [5, 5.41) is 22.9. The average Bonchev–Trinajstić information content (AvgIpc) is 2.72. The van der Waals surface area contributed by atoms with Gasteiger partial charge in [-0.3, -0.25) is 9.78 Å². The van der Waals surface area contributed by atoms with Crippen molar-refractivity contribution in [3.05, 3.63) is 30.1 Å². The fraction of sp³-hybridized carbons (Fsp3) is 0.714. The number of aromatic nitrogens is 1. The third-order valence-electron chi connectivity index (χ3n) is 6.10. The summed E-state index contributed by atoms with van der Waals surface area (Å²) < 4.78 is 0. The standard InChI is InChI=1S/C21H34N4O3/c26-20(16-25-11-4-18(5-12-25)21(27)28)15-23-19-6-13-24(14-7-19)10-3-17-1-8-22-9-2-17/h1-2,8-9,18-20,23,26H,3-7,10-16H2,(H,27,28). The van der Waals surface area contributed by atoms with Gasteiger partial charge in [0.05, 0.1) is 12.0 Å². The normalized spacial score (nSPS) is 21.6. The van der Waals surface area contributed by atoms with Crippen LogP contribution in [0.3, 0.4) is 0 Å². The summed E-state index contributed by atoms with van der Waals surface area (Å²) in [4.78, 5) is 19.8. The van der Waals surface area contributed by atoms with Crippen molar-refractivity contribution in [3.8, 4) is 0 Å². The number of carboxylic acids is 1. The minimum absolute atomic E-state index is 0.213. The lowest BCUT2D eigenvalue weighted by Crippen LogP contribution is -2.47. The van der Waals surface area contributed by atoms with Crippen LogP contribution in [0, 0.1) is 5.92 Å². The number of nitrogens with one attached hydrogen (secondary N) is 1. The molecule has 0 amide bonds. The smallest absolute Gasteiger partial charge is 0.306 e. The number of piperidine rings is 2. The number of aliphatic hydroxyl groups excluding tert-OH is 1. The van der Waals surface area contributed by atoms with Gasteiger partial charge >= 0.3 is 5.97 Å². The Morgan fingerprint density at radius 1 is 1.11 bits per heavy atom. The molecule has 7 nitrogen and oxygen atoms in total. The molecule has 1 atom stereocenters. The van der Waals surface area contributed by atoms with Gasteiger partial charge in [0.2, 0.25) is 0 Å². The van der Waals surface area contributed by atoms with Gasteiger partial charge < -0.3 is 25.3 Å². The van der Waals surface area contributed by atoms with Gasteiger partial charge in [-0.05, 0) is 76.0 Å². The maximum Gasteiger partial charge on any atom is 0.306 e. The van der Waals surface area contributed by atoms with Crippen LogP contribution in [0.1, 0.15) is 31.2 Å². The SMILES string of the molecule is O=C(O)C1CCN(CC(O)CNC2CCN(CCc3ccncc3)CC2)CC1. The number of pyridine rings is 1. The molecule has 2 fully saturated rings. The molecule has 28 heavy (non-hydrogen) atoms. The van der Waals surface area contributed by atoms with Crippen LogP contribution in [-0.2, 0) is 11.2 Å². The molecule has 1 aromatic heterocycles. The van der Waals surface area contributed by atoms with Gasteiger partial charge in [-0.2, -0.15) is 0 Å².